The lowest BCUT2D eigenvalue weighted by Gasteiger charge is -2.22. The quantitative estimate of drug-likeness (QED) is 0.802. The Morgan fingerprint density at radius 1 is 1.16 bits per heavy atom. The monoisotopic (exact) mass is 402 g/mol. The second-order valence-corrected chi connectivity index (χ2v) is 7.84. The number of sulfonamides is 1. The summed E-state index contributed by atoms with van der Waals surface area (Å²) in [6.07, 6.45) is 1.02. The maximum absolute atomic E-state index is 12.3. The number of amides is 1. The summed E-state index contributed by atoms with van der Waals surface area (Å²) in [6, 6.07) is 11.2. The summed E-state index contributed by atoms with van der Waals surface area (Å²) < 4.78 is 30.3. The Labute approximate surface area is 156 Å². The molecule has 2 aromatic carbocycles. The molecule has 0 aliphatic carbocycles. The Bertz CT molecular complexity index is 867. The molecule has 2 rings (SSSR count). The fourth-order valence-electron chi connectivity index (χ4n) is 2.09. The molecule has 0 atom stereocenters. The number of hydrogen-bond acceptors (Lipinski definition) is 4. The van der Waals surface area contributed by atoms with Crippen LogP contribution in [0, 0.1) is 0 Å². The SMILES string of the molecule is COc1cccc(N(CC(=O)Nc2c(Cl)cccc2Cl)S(C)(=O)=O)c1. The highest BCUT2D eigenvalue weighted by Crippen LogP contribution is 2.30. The topological polar surface area (TPSA) is 75.7 Å². The van der Waals surface area contributed by atoms with Gasteiger partial charge < -0.3 is 10.1 Å². The molecule has 0 saturated carbocycles. The van der Waals surface area contributed by atoms with Crippen molar-refractivity contribution in [1.82, 2.24) is 0 Å². The van der Waals surface area contributed by atoms with Gasteiger partial charge in [0, 0.05) is 6.07 Å². The lowest BCUT2D eigenvalue weighted by molar-refractivity contribution is -0.114. The van der Waals surface area contributed by atoms with Crippen molar-refractivity contribution in [1.29, 1.82) is 0 Å². The lowest BCUT2D eigenvalue weighted by atomic mass is 10.3. The molecular formula is C16H16Cl2N2O4S. The number of hydrogen-bond donors (Lipinski definition) is 1. The van der Waals surface area contributed by atoms with Crippen molar-refractivity contribution in [2.24, 2.45) is 0 Å². The van der Waals surface area contributed by atoms with Crippen LogP contribution in [0.1, 0.15) is 0 Å². The molecule has 9 heteroatoms. The maximum atomic E-state index is 12.3. The number of rotatable bonds is 6. The maximum Gasteiger partial charge on any atom is 0.245 e. The Morgan fingerprint density at radius 3 is 2.32 bits per heavy atom. The third-order valence-electron chi connectivity index (χ3n) is 3.26. The molecule has 0 aliphatic heterocycles. The first-order chi connectivity index (χ1) is 11.7. The molecule has 25 heavy (non-hydrogen) atoms. The predicted molar refractivity (Wildman–Crippen MR) is 100 cm³/mol. The van der Waals surface area contributed by atoms with Gasteiger partial charge in [-0.2, -0.15) is 0 Å². The summed E-state index contributed by atoms with van der Waals surface area (Å²) in [6.45, 7) is -0.437. The summed E-state index contributed by atoms with van der Waals surface area (Å²) >= 11 is 12.0. The number of halogens is 2. The van der Waals surface area contributed by atoms with Gasteiger partial charge in [-0.15, -0.1) is 0 Å². The third-order valence-corrected chi connectivity index (χ3v) is 5.03. The molecule has 0 saturated heterocycles. The van der Waals surface area contributed by atoms with Crippen LogP contribution in [0.5, 0.6) is 5.75 Å². The Balaban J connectivity index is 2.27. The van der Waals surface area contributed by atoms with Gasteiger partial charge in [-0.05, 0) is 24.3 Å². The van der Waals surface area contributed by atoms with Crippen molar-refractivity contribution in [2.45, 2.75) is 0 Å². The minimum Gasteiger partial charge on any atom is -0.497 e. The minimum atomic E-state index is -3.70. The molecular weight excluding hydrogens is 387 g/mol. The molecule has 6 nitrogen and oxygen atoms in total. The van der Waals surface area contributed by atoms with Crippen molar-refractivity contribution in [3.05, 3.63) is 52.5 Å². The van der Waals surface area contributed by atoms with E-state index in [2.05, 4.69) is 5.32 Å². The van der Waals surface area contributed by atoms with Crippen molar-refractivity contribution in [3.8, 4) is 5.75 Å². The van der Waals surface area contributed by atoms with E-state index in [1.807, 2.05) is 0 Å². The average molecular weight is 403 g/mol. The van der Waals surface area contributed by atoms with E-state index in [1.54, 1.807) is 36.4 Å². The highest BCUT2D eigenvalue weighted by molar-refractivity contribution is 7.92. The van der Waals surface area contributed by atoms with Crippen LogP contribution >= 0.6 is 23.2 Å². The third kappa shape index (κ3) is 5.01. The Hall–Kier alpha value is -1.96. The lowest BCUT2D eigenvalue weighted by Crippen LogP contribution is -2.37. The second-order valence-electron chi connectivity index (χ2n) is 5.12. The predicted octanol–water partition coefficient (Wildman–Crippen LogP) is 3.41. The first-order valence-electron chi connectivity index (χ1n) is 7.08. The summed E-state index contributed by atoms with van der Waals surface area (Å²) in [5.74, 6) is -0.107. The van der Waals surface area contributed by atoms with Crippen molar-refractivity contribution >= 4 is 50.5 Å². The average Bonchev–Trinajstić information content (AvgIpc) is 2.55. The molecule has 0 spiro atoms. The molecule has 1 N–H and O–H groups in total. The largest absolute Gasteiger partial charge is 0.497 e. The number of methoxy groups -OCH3 is 1. The zero-order chi connectivity index (χ0) is 18.6. The number of carbonyl (C=O) groups is 1. The number of anilines is 2. The minimum absolute atomic E-state index is 0.231. The molecule has 0 bridgehead atoms. The van der Waals surface area contributed by atoms with Crippen LogP contribution in [-0.4, -0.2) is 34.2 Å². The van der Waals surface area contributed by atoms with Crippen LogP contribution in [0.15, 0.2) is 42.5 Å². The Morgan fingerprint density at radius 2 is 1.76 bits per heavy atom. The van der Waals surface area contributed by atoms with Crippen molar-refractivity contribution in [2.75, 3.05) is 29.5 Å². The number of nitrogens with one attached hydrogen (secondary N) is 1. The summed E-state index contributed by atoms with van der Waals surface area (Å²) in [4.78, 5) is 12.3. The molecule has 134 valence electrons. The van der Waals surface area contributed by atoms with E-state index in [1.165, 1.54) is 13.2 Å². The zero-order valence-electron chi connectivity index (χ0n) is 13.5. The van der Waals surface area contributed by atoms with Crippen LogP contribution in [0.25, 0.3) is 0 Å². The van der Waals surface area contributed by atoms with Crippen LogP contribution in [-0.2, 0) is 14.8 Å². The van der Waals surface area contributed by atoms with E-state index in [9.17, 15) is 13.2 Å². The number of benzene rings is 2. The zero-order valence-corrected chi connectivity index (χ0v) is 15.8. The van der Waals surface area contributed by atoms with Crippen molar-refractivity contribution in [3.63, 3.8) is 0 Å². The van der Waals surface area contributed by atoms with Crippen LogP contribution in [0.3, 0.4) is 0 Å². The van der Waals surface area contributed by atoms with Crippen LogP contribution in [0.2, 0.25) is 10.0 Å². The van der Waals surface area contributed by atoms with Gasteiger partial charge in [0.25, 0.3) is 0 Å². The van der Waals surface area contributed by atoms with E-state index < -0.39 is 22.5 Å². The highest BCUT2D eigenvalue weighted by Gasteiger charge is 2.22. The number of carbonyl (C=O) groups excluding carboxylic acids is 1. The molecule has 0 heterocycles. The standard InChI is InChI=1S/C16H16Cl2N2O4S/c1-24-12-6-3-5-11(9-12)20(25(2,22)23)10-15(21)19-16-13(17)7-4-8-14(16)18/h3-9H,10H2,1-2H3,(H,19,21). The van der Waals surface area contributed by atoms with Gasteiger partial charge in [0.1, 0.15) is 12.3 Å². The van der Waals surface area contributed by atoms with Gasteiger partial charge in [-0.1, -0.05) is 35.3 Å². The van der Waals surface area contributed by atoms with E-state index >= 15 is 0 Å². The highest BCUT2D eigenvalue weighted by atomic mass is 35.5. The summed E-state index contributed by atoms with van der Waals surface area (Å²) in [5, 5.41) is 3.05. The van der Waals surface area contributed by atoms with Gasteiger partial charge in [0.2, 0.25) is 15.9 Å². The second kappa shape index (κ2) is 7.95. The van der Waals surface area contributed by atoms with Crippen LogP contribution in [0.4, 0.5) is 11.4 Å². The number of nitrogens with zero attached hydrogens (tertiary/aromatic N) is 1. The number of para-hydroxylation sites is 1. The fourth-order valence-corrected chi connectivity index (χ4v) is 3.43. The molecule has 1 amide bonds. The van der Waals surface area contributed by atoms with Gasteiger partial charge in [0.15, 0.2) is 0 Å². The molecule has 0 aliphatic rings. The molecule has 0 aromatic heterocycles. The first-order valence-corrected chi connectivity index (χ1v) is 9.68. The van der Waals surface area contributed by atoms with Gasteiger partial charge in [-0.3, -0.25) is 9.10 Å². The first kappa shape index (κ1) is 19.4. The molecule has 0 radical (unpaired) electrons. The fraction of sp³-hybridized carbons (Fsp3) is 0.188. The van der Waals surface area contributed by atoms with Crippen molar-refractivity contribution < 1.29 is 17.9 Å². The van der Waals surface area contributed by atoms with Gasteiger partial charge >= 0.3 is 0 Å². The molecule has 0 unspecified atom stereocenters. The van der Waals surface area contributed by atoms with E-state index in [-0.39, 0.29) is 15.7 Å². The van der Waals surface area contributed by atoms with Crippen LogP contribution < -0.4 is 14.4 Å². The van der Waals surface area contributed by atoms with E-state index in [4.69, 9.17) is 27.9 Å². The molecule has 0 fully saturated rings. The van der Waals surface area contributed by atoms with E-state index in [0.29, 0.717) is 11.4 Å². The summed E-state index contributed by atoms with van der Waals surface area (Å²) in [5.41, 5.74) is 0.539. The normalized spacial score (nSPS) is 11.0. The molecule has 2 aromatic rings. The smallest absolute Gasteiger partial charge is 0.245 e. The Kier molecular flexibility index (Phi) is 6.16. The number of ether oxygens (including phenoxy) is 1. The summed E-state index contributed by atoms with van der Waals surface area (Å²) in [7, 11) is -2.23. The van der Waals surface area contributed by atoms with E-state index in [0.717, 1.165) is 10.6 Å². The van der Waals surface area contributed by atoms with Gasteiger partial charge in [-0.25, -0.2) is 8.42 Å². The van der Waals surface area contributed by atoms with Gasteiger partial charge in [0.05, 0.1) is 34.8 Å².